The first-order chi connectivity index (χ1) is 8.08. The summed E-state index contributed by atoms with van der Waals surface area (Å²) in [5.41, 5.74) is 0.642. The maximum atomic E-state index is 11.8. The van der Waals surface area contributed by atoms with Crippen molar-refractivity contribution in [1.82, 2.24) is 0 Å². The molecule has 0 saturated heterocycles. The number of rotatable bonds is 2. The van der Waals surface area contributed by atoms with Gasteiger partial charge in [0, 0.05) is 0 Å². The van der Waals surface area contributed by atoms with Crippen LogP contribution in [0.5, 0.6) is 0 Å². The van der Waals surface area contributed by atoms with E-state index in [-0.39, 0.29) is 17.6 Å². The van der Waals surface area contributed by atoms with Crippen molar-refractivity contribution < 1.29 is 14.3 Å². The summed E-state index contributed by atoms with van der Waals surface area (Å²) in [4.78, 5) is 31.6. The highest BCUT2D eigenvalue weighted by Crippen LogP contribution is 2.40. The number of carbonyl (C=O) groups is 2. The van der Waals surface area contributed by atoms with E-state index in [2.05, 4.69) is 14.7 Å². The van der Waals surface area contributed by atoms with Crippen LogP contribution in [0.25, 0.3) is 0 Å². The van der Waals surface area contributed by atoms with Gasteiger partial charge in [0.05, 0.1) is 22.9 Å². The largest absolute Gasteiger partial charge is 0.465 e. The maximum absolute atomic E-state index is 11.8. The highest BCUT2D eigenvalue weighted by atomic mass is 35.5. The second kappa shape index (κ2) is 4.62. The Labute approximate surface area is 107 Å². The predicted molar refractivity (Wildman–Crippen MR) is 66.4 cm³/mol. The molecule has 1 amide bonds. The fourth-order valence-corrected chi connectivity index (χ4v) is 2.96. The lowest BCUT2D eigenvalue weighted by Gasteiger charge is -2.13. The lowest BCUT2D eigenvalue weighted by atomic mass is 10.00. The van der Waals surface area contributed by atoms with Crippen molar-refractivity contribution in [3.8, 4) is 0 Å². The first kappa shape index (κ1) is 12.3. The highest BCUT2D eigenvalue weighted by molar-refractivity contribution is 8.18. The molecule has 2 rings (SSSR count). The Bertz CT molecular complexity index is 496. The average Bonchev–Trinajstić information content (AvgIpc) is 2.66. The Morgan fingerprint density at radius 2 is 2.24 bits per heavy atom. The van der Waals surface area contributed by atoms with Gasteiger partial charge in [0.25, 0.3) is 5.91 Å². The number of esters is 1. The van der Waals surface area contributed by atoms with E-state index in [0.717, 1.165) is 11.8 Å². The zero-order chi connectivity index (χ0) is 12.6. The van der Waals surface area contributed by atoms with Crippen LogP contribution in [0.2, 0.25) is 0 Å². The van der Waals surface area contributed by atoms with Crippen molar-refractivity contribution in [2.45, 2.75) is 6.92 Å². The Morgan fingerprint density at radius 3 is 2.82 bits per heavy atom. The van der Waals surface area contributed by atoms with E-state index in [9.17, 15) is 9.59 Å². The van der Waals surface area contributed by atoms with Gasteiger partial charge in [-0.1, -0.05) is 11.8 Å². The van der Waals surface area contributed by atoms with Gasteiger partial charge in [-0.25, -0.2) is 9.79 Å². The Kier molecular flexibility index (Phi) is 3.35. The lowest BCUT2D eigenvalue weighted by Crippen LogP contribution is -2.25. The second-order valence-corrected chi connectivity index (χ2v) is 4.79. The molecule has 1 unspecified atom stereocenters. The Morgan fingerprint density at radius 1 is 1.53 bits per heavy atom. The highest BCUT2D eigenvalue weighted by Gasteiger charge is 2.40. The molecule has 2 aliphatic heterocycles. The summed E-state index contributed by atoms with van der Waals surface area (Å²) in [6.07, 6.45) is 0. The van der Waals surface area contributed by atoms with Gasteiger partial charge in [0.2, 0.25) is 0 Å². The number of halogens is 1. The SMILES string of the molecule is COC(=O)C1=C(C)C2C(=O)N=C(CCl)N=C2S1. The van der Waals surface area contributed by atoms with E-state index in [1.807, 2.05) is 0 Å². The Balaban J connectivity index is 2.37. The van der Waals surface area contributed by atoms with Crippen LogP contribution in [0, 0.1) is 5.92 Å². The van der Waals surface area contributed by atoms with Gasteiger partial charge >= 0.3 is 5.97 Å². The number of aliphatic imine (C=N–C) groups is 2. The molecule has 17 heavy (non-hydrogen) atoms. The number of hydrogen-bond acceptors (Lipinski definition) is 5. The van der Waals surface area contributed by atoms with Crippen molar-refractivity contribution in [1.29, 1.82) is 0 Å². The first-order valence-corrected chi connectivity index (χ1v) is 6.16. The monoisotopic (exact) mass is 272 g/mol. The summed E-state index contributed by atoms with van der Waals surface area (Å²) in [6, 6.07) is 0. The molecule has 1 atom stereocenters. The number of hydrogen-bond donors (Lipinski definition) is 0. The molecule has 0 aromatic carbocycles. The summed E-state index contributed by atoms with van der Waals surface area (Å²) in [7, 11) is 1.30. The van der Waals surface area contributed by atoms with Crippen LogP contribution in [0.3, 0.4) is 0 Å². The average molecular weight is 273 g/mol. The van der Waals surface area contributed by atoms with Gasteiger partial charge in [0.1, 0.15) is 11.8 Å². The minimum absolute atomic E-state index is 0.0785. The van der Waals surface area contributed by atoms with Crippen LogP contribution < -0.4 is 0 Å². The zero-order valence-electron chi connectivity index (χ0n) is 9.19. The summed E-state index contributed by atoms with van der Waals surface area (Å²) in [6.45, 7) is 1.71. The molecule has 2 aliphatic rings. The number of amidine groups is 1. The summed E-state index contributed by atoms with van der Waals surface area (Å²) in [5.74, 6) is -0.954. The first-order valence-electron chi connectivity index (χ1n) is 4.81. The molecule has 0 aromatic rings. The molecule has 5 nitrogen and oxygen atoms in total. The molecule has 90 valence electrons. The molecule has 0 bridgehead atoms. The number of ether oxygens (including phenoxy) is 1. The number of amides is 1. The third-order valence-corrected chi connectivity index (χ3v) is 3.93. The van der Waals surface area contributed by atoms with Gasteiger partial charge in [-0.05, 0) is 12.5 Å². The van der Waals surface area contributed by atoms with E-state index in [0.29, 0.717) is 15.5 Å². The molecule has 7 heteroatoms. The second-order valence-electron chi connectivity index (χ2n) is 3.49. The van der Waals surface area contributed by atoms with Crippen LogP contribution in [-0.2, 0) is 14.3 Å². The standard InChI is InChI=1S/C10H9ClN2O3S/c1-4-6-8(14)12-5(3-11)13-9(6)17-7(4)10(15)16-2/h6H,3H2,1-2H3. The van der Waals surface area contributed by atoms with Gasteiger partial charge in [-0.3, -0.25) is 4.79 Å². The van der Waals surface area contributed by atoms with Gasteiger partial charge in [-0.15, -0.1) is 11.6 Å². The normalized spacial score (nSPS) is 23.2. The van der Waals surface area contributed by atoms with Crippen LogP contribution in [-0.4, -0.2) is 35.7 Å². The van der Waals surface area contributed by atoms with Gasteiger partial charge < -0.3 is 4.74 Å². The third kappa shape index (κ3) is 2.02. The molecule has 2 heterocycles. The third-order valence-electron chi connectivity index (χ3n) is 2.46. The lowest BCUT2D eigenvalue weighted by molar-refractivity contribution is -0.135. The fraction of sp³-hybridized carbons (Fsp3) is 0.400. The van der Waals surface area contributed by atoms with Crippen molar-refractivity contribution in [2.75, 3.05) is 13.0 Å². The molecule has 0 aromatic heterocycles. The number of nitrogens with zero attached hydrogens (tertiary/aromatic N) is 2. The summed E-state index contributed by atoms with van der Waals surface area (Å²) in [5, 5.41) is 0.554. The summed E-state index contributed by atoms with van der Waals surface area (Å²) >= 11 is 6.75. The Hall–Kier alpha value is -1.14. The van der Waals surface area contributed by atoms with Crippen molar-refractivity contribution in [3.63, 3.8) is 0 Å². The molecule has 0 aliphatic carbocycles. The van der Waals surface area contributed by atoms with Crippen LogP contribution in [0.4, 0.5) is 0 Å². The molecular weight excluding hydrogens is 264 g/mol. The molecule has 0 saturated carbocycles. The van der Waals surface area contributed by atoms with Crippen molar-refractivity contribution in [3.05, 3.63) is 10.5 Å². The topological polar surface area (TPSA) is 68.1 Å². The van der Waals surface area contributed by atoms with E-state index in [1.165, 1.54) is 7.11 Å². The summed E-state index contributed by atoms with van der Waals surface area (Å²) < 4.78 is 4.65. The number of methoxy groups -OCH3 is 1. The van der Waals surface area contributed by atoms with Crippen molar-refractivity contribution >= 4 is 46.1 Å². The molecule has 0 N–H and O–H groups in total. The van der Waals surface area contributed by atoms with Gasteiger partial charge in [0.15, 0.2) is 0 Å². The minimum atomic E-state index is -0.541. The quantitative estimate of drug-likeness (QED) is 0.562. The molecular formula is C10H9ClN2O3S. The van der Waals surface area contributed by atoms with Crippen molar-refractivity contribution in [2.24, 2.45) is 15.9 Å². The smallest absolute Gasteiger partial charge is 0.344 e. The van der Waals surface area contributed by atoms with Crippen LogP contribution in [0.15, 0.2) is 20.5 Å². The number of carbonyl (C=O) groups excluding carboxylic acids is 2. The predicted octanol–water partition coefficient (Wildman–Crippen LogP) is 1.37. The van der Waals surface area contributed by atoms with E-state index in [1.54, 1.807) is 6.92 Å². The van der Waals surface area contributed by atoms with E-state index >= 15 is 0 Å². The molecule has 0 spiro atoms. The number of fused-ring (bicyclic) bond motifs is 1. The zero-order valence-corrected chi connectivity index (χ0v) is 10.8. The number of thioether (sulfide) groups is 1. The maximum Gasteiger partial charge on any atom is 0.344 e. The van der Waals surface area contributed by atoms with E-state index in [4.69, 9.17) is 11.6 Å². The fourth-order valence-electron chi connectivity index (χ4n) is 1.64. The van der Waals surface area contributed by atoms with Gasteiger partial charge in [-0.2, -0.15) is 4.99 Å². The van der Waals surface area contributed by atoms with E-state index < -0.39 is 11.9 Å². The number of alkyl halides is 1. The minimum Gasteiger partial charge on any atom is -0.465 e. The van der Waals surface area contributed by atoms with Crippen LogP contribution >= 0.6 is 23.4 Å². The molecule has 0 radical (unpaired) electrons. The molecule has 0 fully saturated rings. The van der Waals surface area contributed by atoms with Crippen LogP contribution in [0.1, 0.15) is 6.92 Å².